The molecule has 22 heavy (non-hydrogen) atoms. The van der Waals surface area contributed by atoms with Crippen molar-refractivity contribution in [3.63, 3.8) is 0 Å². The van der Waals surface area contributed by atoms with Crippen molar-refractivity contribution < 1.29 is 4.79 Å². The molecule has 0 radical (unpaired) electrons. The minimum absolute atomic E-state index is 0.0749. The Morgan fingerprint density at radius 3 is 2.68 bits per heavy atom. The maximum Gasteiger partial charge on any atom is 0.277 e. The average molecular weight is 335 g/mol. The summed E-state index contributed by atoms with van der Waals surface area (Å²) in [5.74, 6) is 0.0749. The Labute approximate surface area is 141 Å². The van der Waals surface area contributed by atoms with E-state index in [2.05, 4.69) is 19.1 Å². The lowest BCUT2D eigenvalue weighted by molar-refractivity contribution is -0.124. The number of aryl methyl sites for hydroxylation is 1. The fourth-order valence-electron chi connectivity index (χ4n) is 3.24. The standard InChI is InChI=1S/C17H22N2OS2/c1-3-13-9-10-14(22-13)11-15-16(20)19(17(21)18(15)2)12-7-5-4-6-8-12/h9-12H,3-8H2,1-2H3/b15-11-. The van der Waals surface area contributed by atoms with Gasteiger partial charge >= 0.3 is 0 Å². The minimum Gasteiger partial charge on any atom is -0.317 e. The zero-order valence-electron chi connectivity index (χ0n) is 13.2. The van der Waals surface area contributed by atoms with Gasteiger partial charge in [0.05, 0.1) is 0 Å². The number of thiophene rings is 1. The van der Waals surface area contributed by atoms with Crippen LogP contribution in [0.5, 0.6) is 0 Å². The van der Waals surface area contributed by atoms with Gasteiger partial charge in [-0.3, -0.25) is 9.69 Å². The van der Waals surface area contributed by atoms with Crippen LogP contribution in [0.2, 0.25) is 0 Å². The van der Waals surface area contributed by atoms with E-state index in [0.29, 0.717) is 10.8 Å². The van der Waals surface area contributed by atoms with Crippen LogP contribution in [0, 0.1) is 0 Å². The Morgan fingerprint density at radius 1 is 1.32 bits per heavy atom. The Kier molecular flexibility index (Phi) is 4.64. The number of rotatable bonds is 3. The van der Waals surface area contributed by atoms with Crippen LogP contribution in [-0.2, 0) is 11.2 Å². The Balaban J connectivity index is 1.86. The first kappa shape index (κ1) is 15.7. The molecule has 5 heteroatoms. The summed E-state index contributed by atoms with van der Waals surface area (Å²) in [4.78, 5) is 19.0. The Bertz CT molecular complexity index is 614. The fourth-order valence-corrected chi connectivity index (χ4v) is 4.46. The number of amides is 1. The summed E-state index contributed by atoms with van der Waals surface area (Å²) >= 11 is 7.28. The monoisotopic (exact) mass is 334 g/mol. The third kappa shape index (κ3) is 2.84. The van der Waals surface area contributed by atoms with Crippen LogP contribution in [0.4, 0.5) is 0 Å². The predicted octanol–water partition coefficient (Wildman–Crippen LogP) is 4.04. The van der Waals surface area contributed by atoms with Crippen molar-refractivity contribution in [2.75, 3.05) is 7.05 Å². The van der Waals surface area contributed by atoms with Gasteiger partial charge in [0, 0.05) is 22.8 Å². The van der Waals surface area contributed by atoms with Gasteiger partial charge in [0.25, 0.3) is 5.91 Å². The van der Waals surface area contributed by atoms with Gasteiger partial charge in [0.15, 0.2) is 5.11 Å². The largest absolute Gasteiger partial charge is 0.317 e. The van der Waals surface area contributed by atoms with Gasteiger partial charge in [-0.15, -0.1) is 11.3 Å². The van der Waals surface area contributed by atoms with Crippen LogP contribution < -0.4 is 0 Å². The molecule has 1 saturated heterocycles. The highest BCUT2D eigenvalue weighted by atomic mass is 32.1. The molecule has 0 aromatic carbocycles. The summed E-state index contributed by atoms with van der Waals surface area (Å²) in [6.45, 7) is 2.15. The van der Waals surface area contributed by atoms with Crippen molar-refractivity contribution in [2.45, 2.75) is 51.5 Å². The lowest BCUT2D eigenvalue weighted by atomic mass is 9.94. The first-order valence-corrected chi connectivity index (χ1v) is 9.26. The summed E-state index contributed by atoms with van der Waals surface area (Å²) in [6.07, 6.45) is 8.84. The third-order valence-corrected chi connectivity index (χ3v) is 6.19. The summed E-state index contributed by atoms with van der Waals surface area (Å²) in [7, 11) is 1.91. The van der Waals surface area contributed by atoms with Crippen LogP contribution >= 0.6 is 23.6 Å². The SMILES string of the molecule is CCc1ccc(/C=C2/C(=O)N(C3CCCCC3)C(=S)N2C)s1. The van der Waals surface area contributed by atoms with Crippen molar-refractivity contribution in [3.05, 3.63) is 27.6 Å². The lowest BCUT2D eigenvalue weighted by Crippen LogP contribution is -2.41. The van der Waals surface area contributed by atoms with E-state index in [1.165, 1.54) is 24.1 Å². The lowest BCUT2D eigenvalue weighted by Gasteiger charge is -2.30. The molecule has 0 atom stereocenters. The molecule has 0 bridgehead atoms. The van der Waals surface area contributed by atoms with Gasteiger partial charge in [-0.1, -0.05) is 26.2 Å². The summed E-state index contributed by atoms with van der Waals surface area (Å²) in [5, 5.41) is 0.662. The number of hydrogen-bond donors (Lipinski definition) is 0. The zero-order valence-corrected chi connectivity index (χ0v) is 14.8. The zero-order chi connectivity index (χ0) is 15.7. The third-order valence-electron chi connectivity index (χ3n) is 4.54. The smallest absolute Gasteiger partial charge is 0.277 e. The van der Waals surface area contributed by atoms with E-state index < -0.39 is 0 Å². The highest BCUT2D eigenvalue weighted by molar-refractivity contribution is 7.80. The Morgan fingerprint density at radius 2 is 2.05 bits per heavy atom. The predicted molar refractivity (Wildman–Crippen MR) is 95.8 cm³/mol. The number of hydrogen-bond acceptors (Lipinski definition) is 3. The molecule has 2 heterocycles. The summed E-state index contributed by atoms with van der Waals surface area (Å²) in [6, 6.07) is 4.51. The number of likely N-dealkylation sites (N-methyl/N-ethyl adjacent to an activating group) is 1. The van der Waals surface area contributed by atoms with E-state index in [1.807, 2.05) is 22.9 Å². The molecule has 118 valence electrons. The molecule has 3 nitrogen and oxygen atoms in total. The van der Waals surface area contributed by atoms with Crippen molar-refractivity contribution in [1.29, 1.82) is 0 Å². The number of carbonyl (C=O) groups excluding carboxylic acids is 1. The van der Waals surface area contributed by atoms with Crippen molar-refractivity contribution in [1.82, 2.24) is 9.80 Å². The minimum atomic E-state index is 0.0749. The highest BCUT2D eigenvalue weighted by Gasteiger charge is 2.40. The molecule has 1 aromatic rings. The second-order valence-corrected chi connectivity index (χ2v) is 7.56. The highest BCUT2D eigenvalue weighted by Crippen LogP contribution is 2.31. The second-order valence-electron chi connectivity index (χ2n) is 6.00. The summed E-state index contributed by atoms with van der Waals surface area (Å²) < 4.78 is 0. The molecule has 0 N–H and O–H groups in total. The van der Waals surface area contributed by atoms with E-state index in [0.717, 1.165) is 24.1 Å². The van der Waals surface area contributed by atoms with Gasteiger partial charge in [0.1, 0.15) is 5.70 Å². The van der Waals surface area contributed by atoms with E-state index in [1.54, 1.807) is 11.3 Å². The van der Waals surface area contributed by atoms with Crippen molar-refractivity contribution in [2.24, 2.45) is 0 Å². The normalized spacial score (nSPS) is 22.2. The fraction of sp³-hybridized carbons (Fsp3) is 0.529. The van der Waals surface area contributed by atoms with Gasteiger partial charge in [-0.05, 0) is 49.7 Å². The first-order chi connectivity index (χ1) is 10.6. The topological polar surface area (TPSA) is 23.6 Å². The quantitative estimate of drug-likeness (QED) is 0.615. The molecule has 3 rings (SSSR count). The van der Waals surface area contributed by atoms with Crippen molar-refractivity contribution >= 4 is 40.7 Å². The molecule has 0 unspecified atom stereocenters. The van der Waals surface area contributed by atoms with Gasteiger partial charge in [-0.25, -0.2) is 0 Å². The molecule has 1 saturated carbocycles. The van der Waals surface area contributed by atoms with Crippen LogP contribution in [0.15, 0.2) is 17.8 Å². The molecule has 1 amide bonds. The number of nitrogens with zero attached hydrogens (tertiary/aromatic N) is 2. The molecule has 2 fully saturated rings. The average Bonchev–Trinajstić information content (AvgIpc) is 3.07. The molecule has 0 spiro atoms. The number of thiocarbonyl (C=S) groups is 1. The summed E-state index contributed by atoms with van der Waals surface area (Å²) in [5.41, 5.74) is 0.708. The van der Waals surface area contributed by atoms with E-state index in [4.69, 9.17) is 12.2 Å². The van der Waals surface area contributed by atoms with Gasteiger partial charge in [-0.2, -0.15) is 0 Å². The van der Waals surface area contributed by atoms with E-state index in [9.17, 15) is 4.79 Å². The van der Waals surface area contributed by atoms with Crippen LogP contribution in [0.25, 0.3) is 6.08 Å². The maximum absolute atomic E-state index is 12.8. The van der Waals surface area contributed by atoms with Gasteiger partial charge < -0.3 is 4.90 Å². The van der Waals surface area contributed by atoms with Crippen molar-refractivity contribution in [3.8, 4) is 0 Å². The molecule has 1 aliphatic heterocycles. The van der Waals surface area contributed by atoms with Gasteiger partial charge in [0.2, 0.25) is 0 Å². The number of carbonyl (C=O) groups is 1. The molecular formula is C17H22N2OS2. The molecule has 2 aliphatic rings. The van der Waals surface area contributed by atoms with Crippen LogP contribution in [0.1, 0.15) is 48.8 Å². The Hall–Kier alpha value is -1.20. The second kappa shape index (κ2) is 6.50. The molecular weight excluding hydrogens is 312 g/mol. The molecule has 1 aromatic heterocycles. The molecule has 1 aliphatic carbocycles. The van der Waals surface area contributed by atoms with E-state index in [-0.39, 0.29) is 11.9 Å². The van der Waals surface area contributed by atoms with Crippen LogP contribution in [0.3, 0.4) is 0 Å². The first-order valence-electron chi connectivity index (χ1n) is 8.03. The van der Waals surface area contributed by atoms with Crippen LogP contribution in [-0.4, -0.2) is 33.9 Å². The van der Waals surface area contributed by atoms with E-state index >= 15 is 0 Å². The maximum atomic E-state index is 12.8.